The van der Waals surface area contributed by atoms with Gasteiger partial charge in [0.15, 0.2) is 0 Å². The van der Waals surface area contributed by atoms with Gasteiger partial charge in [-0.05, 0) is 28.8 Å². The first kappa shape index (κ1) is 10.2. The first-order valence-corrected chi connectivity index (χ1v) is 6.06. The standard InChI is InChI=1S/C10H16BrN3/c11-9-6-13-14-10(9)7-12-8-4-2-1-3-5-8/h6,8,12H,1-5,7H2,(H,13,14). The fourth-order valence-corrected chi connectivity index (χ4v) is 2.31. The highest BCUT2D eigenvalue weighted by Gasteiger charge is 2.13. The van der Waals surface area contributed by atoms with E-state index in [1.165, 1.54) is 32.1 Å². The molecule has 1 aromatic rings. The van der Waals surface area contributed by atoms with Gasteiger partial charge in [0.05, 0.1) is 16.4 Å². The van der Waals surface area contributed by atoms with Crippen LogP contribution >= 0.6 is 15.9 Å². The third kappa shape index (κ3) is 2.58. The molecule has 0 amide bonds. The lowest BCUT2D eigenvalue weighted by molar-refractivity contribution is 0.370. The average Bonchev–Trinajstić information content (AvgIpc) is 2.63. The first-order valence-electron chi connectivity index (χ1n) is 5.27. The Hall–Kier alpha value is -0.350. The van der Waals surface area contributed by atoms with Crippen molar-refractivity contribution in [3.8, 4) is 0 Å². The zero-order chi connectivity index (χ0) is 9.80. The van der Waals surface area contributed by atoms with Crippen molar-refractivity contribution in [3.63, 3.8) is 0 Å². The highest BCUT2D eigenvalue weighted by Crippen LogP contribution is 2.18. The Kier molecular flexibility index (Phi) is 3.59. The topological polar surface area (TPSA) is 40.7 Å². The summed E-state index contributed by atoms with van der Waals surface area (Å²) in [5.74, 6) is 0. The molecule has 0 unspecified atom stereocenters. The summed E-state index contributed by atoms with van der Waals surface area (Å²) in [6.07, 6.45) is 8.62. The van der Waals surface area contributed by atoms with Gasteiger partial charge in [0.1, 0.15) is 0 Å². The van der Waals surface area contributed by atoms with Crippen LogP contribution in [0.4, 0.5) is 0 Å². The first-order chi connectivity index (χ1) is 6.86. The minimum absolute atomic E-state index is 0.707. The van der Waals surface area contributed by atoms with Crippen LogP contribution < -0.4 is 5.32 Å². The SMILES string of the molecule is Brc1cn[nH]c1CNC1CCCCC1. The van der Waals surface area contributed by atoms with E-state index >= 15 is 0 Å². The zero-order valence-corrected chi connectivity index (χ0v) is 9.81. The van der Waals surface area contributed by atoms with Crippen molar-refractivity contribution in [2.75, 3.05) is 0 Å². The van der Waals surface area contributed by atoms with Crippen molar-refractivity contribution in [3.05, 3.63) is 16.4 Å². The largest absolute Gasteiger partial charge is 0.308 e. The predicted molar refractivity (Wildman–Crippen MR) is 60.0 cm³/mol. The Bertz CT molecular complexity index is 279. The van der Waals surface area contributed by atoms with Gasteiger partial charge >= 0.3 is 0 Å². The van der Waals surface area contributed by atoms with Crippen LogP contribution in [0.1, 0.15) is 37.8 Å². The highest BCUT2D eigenvalue weighted by atomic mass is 79.9. The lowest BCUT2D eigenvalue weighted by Gasteiger charge is -2.22. The summed E-state index contributed by atoms with van der Waals surface area (Å²) in [6.45, 7) is 0.894. The summed E-state index contributed by atoms with van der Waals surface area (Å²) in [5, 5.41) is 10.5. The van der Waals surface area contributed by atoms with E-state index in [0.717, 1.165) is 16.7 Å². The molecule has 2 rings (SSSR count). The Balaban J connectivity index is 1.79. The van der Waals surface area contributed by atoms with Crippen LogP contribution in [0.3, 0.4) is 0 Å². The van der Waals surface area contributed by atoms with Gasteiger partial charge in [-0.1, -0.05) is 19.3 Å². The van der Waals surface area contributed by atoms with E-state index in [-0.39, 0.29) is 0 Å². The van der Waals surface area contributed by atoms with E-state index in [4.69, 9.17) is 0 Å². The van der Waals surface area contributed by atoms with Crippen LogP contribution in [0, 0.1) is 0 Å². The normalized spacial score (nSPS) is 18.6. The maximum atomic E-state index is 3.97. The molecule has 0 aliphatic heterocycles. The van der Waals surface area contributed by atoms with E-state index in [9.17, 15) is 0 Å². The molecule has 14 heavy (non-hydrogen) atoms. The number of H-pyrrole nitrogens is 1. The number of nitrogens with one attached hydrogen (secondary N) is 2. The minimum Gasteiger partial charge on any atom is -0.308 e. The molecule has 0 spiro atoms. The predicted octanol–water partition coefficient (Wildman–Crippen LogP) is 2.59. The quantitative estimate of drug-likeness (QED) is 0.874. The summed E-state index contributed by atoms with van der Waals surface area (Å²) >= 11 is 3.46. The third-order valence-corrected chi connectivity index (χ3v) is 3.52. The number of aromatic nitrogens is 2. The molecule has 78 valence electrons. The Morgan fingerprint density at radius 1 is 1.43 bits per heavy atom. The average molecular weight is 258 g/mol. The lowest BCUT2D eigenvalue weighted by atomic mass is 9.95. The second kappa shape index (κ2) is 4.94. The molecule has 0 aromatic carbocycles. The summed E-state index contributed by atoms with van der Waals surface area (Å²) in [7, 11) is 0. The number of hydrogen-bond donors (Lipinski definition) is 2. The lowest BCUT2D eigenvalue weighted by Crippen LogP contribution is -2.30. The van der Waals surface area contributed by atoms with E-state index < -0.39 is 0 Å². The number of hydrogen-bond acceptors (Lipinski definition) is 2. The van der Waals surface area contributed by atoms with Crippen molar-refractivity contribution < 1.29 is 0 Å². The fraction of sp³-hybridized carbons (Fsp3) is 0.700. The number of halogens is 1. The molecule has 1 heterocycles. The highest BCUT2D eigenvalue weighted by molar-refractivity contribution is 9.10. The van der Waals surface area contributed by atoms with Crippen LogP contribution in [0.15, 0.2) is 10.7 Å². The van der Waals surface area contributed by atoms with Crippen molar-refractivity contribution in [2.45, 2.75) is 44.7 Å². The van der Waals surface area contributed by atoms with Crippen LogP contribution in [0.5, 0.6) is 0 Å². The van der Waals surface area contributed by atoms with Crippen LogP contribution in [0.25, 0.3) is 0 Å². The minimum atomic E-state index is 0.707. The van der Waals surface area contributed by atoms with Gasteiger partial charge in [-0.2, -0.15) is 5.10 Å². The van der Waals surface area contributed by atoms with Crippen molar-refractivity contribution in [1.82, 2.24) is 15.5 Å². The van der Waals surface area contributed by atoms with E-state index in [1.54, 1.807) is 6.20 Å². The van der Waals surface area contributed by atoms with Gasteiger partial charge in [0, 0.05) is 12.6 Å². The Morgan fingerprint density at radius 2 is 2.21 bits per heavy atom. The second-order valence-corrected chi connectivity index (χ2v) is 4.77. The smallest absolute Gasteiger partial charge is 0.0633 e. The van der Waals surface area contributed by atoms with Gasteiger partial charge < -0.3 is 5.32 Å². The molecule has 1 saturated carbocycles. The van der Waals surface area contributed by atoms with E-state index in [2.05, 4.69) is 31.4 Å². The van der Waals surface area contributed by atoms with Crippen LogP contribution in [-0.4, -0.2) is 16.2 Å². The van der Waals surface area contributed by atoms with Crippen LogP contribution in [-0.2, 0) is 6.54 Å². The van der Waals surface area contributed by atoms with E-state index in [1.807, 2.05) is 0 Å². The maximum absolute atomic E-state index is 3.97. The summed E-state index contributed by atoms with van der Waals surface area (Å²) < 4.78 is 1.07. The third-order valence-electron chi connectivity index (χ3n) is 2.84. The summed E-state index contributed by atoms with van der Waals surface area (Å²) in [4.78, 5) is 0. The molecule has 4 heteroatoms. The molecule has 0 atom stereocenters. The zero-order valence-electron chi connectivity index (χ0n) is 8.22. The molecular weight excluding hydrogens is 242 g/mol. The van der Waals surface area contributed by atoms with Gasteiger partial charge in [0.25, 0.3) is 0 Å². The van der Waals surface area contributed by atoms with Crippen molar-refractivity contribution in [1.29, 1.82) is 0 Å². The fourth-order valence-electron chi connectivity index (χ4n) is 1.98. The van der Waals surface area contributed by atoms with Gasteiger partial charge in [-0.3, -0.25) is 5.10 Å². The molecule has 1 fully saturated rings. The second-order valence-electron chi connectivity index (χ2n) is 3.91. The number of aromatic amines is 1. The molecule has 1 aromatic heterocycles. The monoisotopic (exact) mass is 257 g/mol. The molecule has 1 aliphatic rings. The molecule has 0 bridgehead atoms. The van der Waals surface area contributed by atoms with Gasteiger partial charge in [-0.15, -0.1) is 0 Å². The molecule has 3 nitrogen and oxygen atoms in total. The molecule has 0 saturated heterocycles. The van der Waals surface area contributed by atoms with Gasteiger partial charge in [0.2, 0.25) is 0 Å². The number of rotatable bonds is 3. The van der Waals surface area contributed by atoms with Crippen molar-refractivity contribution in [2.24, 2.45) is 0 Å². The van der Waals surface area contributed by atoms with Gasteiger partial charge in [-0.25, -0.2) is 0 Å². The summed E-state index contributed by atoms with van der Waals surface area (Å²) in [5.41, 5.74) is 1.15. The molecule has 2 N–H and O–H groups in total. The Morgan fingerprint density at radius 3 is 2.86 bits per heavy atom. The molecule has 0 radical (unpaired) electrons. The number of nitrogens with zero attached hydrogens (tertiary/aromatic N) is 1. The van der Waals surface area contributed by atoms with E-state index in [0.29, 0.717) is 6.04 Å². The van der Waals surface area contributed by atoms with Crippen LogP contribution in [0.2, 0.25) is 0 Å². The molecule has 1 aliphatic carbocycles. The van der Waals surface area contributed by atoms with Crippen molar-refractivity contribution >= 4 is 15.9 Å². The molecular formula is C10H16BrN3. The maximum Gasteiger partial charge on any atom is 0.0633 e. The summed E-state index contributed by atoms with van der Waals surface area (Å²) in [6, 6.07) is 0.707. The Labute approximate surface area is 92.8 Å².